The smallest absolute Gasteiger partial charge is 0.0221 e. The highest BCUT2D eigenvalue weighted by Gasteiger charge is 2.21. The number of nitrogens with zero attached hydrogens (tertiary/aromatic N) is 1. The lowest BCUT2D eigenvalue weighted by Crippen LogP contribution is -2.37. The van der Waals surface area contributed by atoms with Crippen LogP contribution in [0.15, 0.2) is 24.3 Å². The van der Waals surface area contributed by atoms with Crippen molar-refractivity contribution in [2.75, 3.05) is 19.6 Å². The first-order valence-corrected chi connectivity index (χ1v) is 7.56. The second-order valence-corrected chi connectivity index (χ2v) is 5.93. The molecule has 1 aromatic rings. The molecule has 0 bridgehead atoms. The summed E-state index contributed by atoms with van der Waals surface area (Å²) in [6, 6.07) is 9.52. The van der Waals surface area contributed by atoms with Gasteiger partial charge in [0.25, 0.3) is 0 Å². The number of likely N-dealkylation sites (N-methyl/N-ethyl adjacent to an activating group) is 1. The molecule has 1 aromatic carbocycles. The van der Waals surface area contributed by atoms with E-state index in [2.05, 4.69) is 64.0 Å². The molecule has 2 rings (SSSR count). The van der Waals surface area contributed by atoms with Gasteiger partial charge < -0.3 is 5.32 Å². The van der Waals surface area contributed by atoms with E-state index in [1.54, 1.807) is 0 Å². The molecular weight excluding hydrogens is 323 g/mol. The molecule has 1 aliphatic heterocycles. The van der Waals surface area contributed by atoms with Gasteiger partial charge in [-0.05, 0) is 66.2 Å². The highest BCUT2D eigenvalue weighted by molar-refractivity contribution is 14.1. The zero-order chi connectivity index (χ0) is 12.1. The van der Waals surface area contributed by atoms with Gasteiger partial charge >= 0.3 is 0 Å². The van der Waals surface area contributed by atoms with Crippen molar-refractivity contribution in [1.82, 2.24) is 10.2 Å². The Morgan fingerprint density at radius 1 is 1.35 bits per heavy atom. The van der Waals surface area contributed by atoms with Crippen LogP contribution in [0.4, 0.5) is 0 Å². The van der Waals surface area contributed by atoms with Gasteiger partial charge in [-0.2, -0.15) is 0 Å². The summed E-state index contributed by atoms with van der Waals surface area (Å²) in [4.78, 5) is 2.58. The maximum Gasteiger partial charge on any atom is 0.0221 e. The zero-order valence-electron chi connectivity index (χ0n) is 10.5. The van der Waals surface area contributed by atoms with Crippen molar-refractivity contribution in [2.24, 2.45) is 0 Å². The third-order valence-electron chi connectivity index (χ3n) is 3.53. The second-order valence-electron chi connectivity index (χ2n) is 4.68. The number of benzene rings is 1. The van der Waals surface area contributed by atoms with Crippen LogP contribution in [0, 0.1) is 3.57 Å². The summed E-state index contributed by atoms with van der Waals surface area (Å²) in [7, 11) is 0. The summed E-state index contributed by atoms with van der Waals surface area (Å²) in [5.41, 5.74) is 1.38. The van der Waals surface area contributed by atoms with E-state index >= 15 is 0 Å². The van der Waals surface area contributed by atoms with Crippen LogP contribution < -0.4 is 5.32 Å². The standard InChI is InChI=1S/C14H21IN2/c1-2-17-9-3-4-14(17)11-16-10-12-5-7-13(15)8-6-12/h5-8,14,16H,2-4,9-11H2,1H3. The van der Waals surface area contributed by atoms with E-state index in [4.69, 9.17) is 0 Å². The molecule has 1 aliphatic rings. The van der Waals surface area contributed by atoms with Gasteiger partial charge in [0.1, 0.15) is 0 Å². The molecule has 1 unspecified atom stereocenters. The number of nitrogens with one attached hydrogen (secondary N) is 1. The van der Waals surface area contributed by atoms with Crippen molar-refractivity contribution in [2.45, 2.75) is 32.4 Å². The fourth-order valence-corrected chi connectivity index (χ4v) is 2.89. The number of hydrogen-bond acceptors (Lipinski definition) is 2. The highest BCUT2D eigenvalue weighted by atomic mass is 127. The minimum atomic E-state index is 0.754. The quantitative estimate of drug-likeness (QED) is 0.827. The Labute approximate surface area is 118 Å². The fourth-order valence-electron chi connectivity index (χ4n) is 2.53. The van der Waals surface area contributed by atoms with E-state index in [1.807, 2.05) is 0 Å². The first kappa shape index (κ1) is 13.3. The Morgan fingerprint density at radius 3 is 2.82 bits per heavy atom. The van der Waals surface area contributed by atoms with Gasteiger partial charge in [-0.25, -0.2) is 0 Å². The Hall–Kier alpha value is -0.130. The van der Waals surface area contributed by atoms with Crippen LogP contribution in [0.5, 0.6) is 0 Å². The van der Waals surface area contributed by atoms with Gasteiger partial charge in [0.15, 0.2) is 0 Å². The van der Waals surface area contributed by atoms with Crippen molar-refractivity contribution in [1.29, 1.82) is 0 Å². The number of hydrogen-bond donors (Lipinski definition) is 1. The van der Waals surface area contributed by atoms with E-state index in [0.29, 0.717) is 0 Å². The molecule has 1 heterocycles. The molecule has 1 atom stereocenters. The second kappa shape index (κ2) is 6.71. The highest BCUT2D eigenvalue weighted by Crippen LogP contribution is 2.15. The van der Waals surface area contributed by atoms with Crippen molar-refractivity contribution < 1.29 is 0 Å². The van der Waals surface area contributed by atoms with E-state index in [1.165, 1.54) is 35.1 Å². The zero-order valence-corrected chi connectivity index (χ0v) is 12.6. The molecule has 3 heteroatoms. The van der Waals surface area contributed by atoms with Crippen LogP contribution in [0.3, 0.4) is 0 Å². The average molecular weight is 344 g/mol. The normalized spacial score (nSPS) is 20.9. The summed E-state index contributed by atoms with van der Waals surface area (Å²) in [6.07, 6.45) is 2.72. The molecule has 0 spiro atoms. The lowest BCUT2D eigenvalue weighted by Gasteiger charge is -2.23. The lowest BCUT2D eigenvalue weighted by molar-refractivity contribution is 0.260. The lowest BCUT2D eigenvalue weighted by atomic mass is 10.2. The molecule has 1 fully saturated rings. The molecular formula is C14H21IN2. The van der Waals surface area contributed by atoms with Crippen molar-refractivity contribution in [3.63, 3.8) is 0 Å². The predicted octanol–water partition coefficient (Wildman–Crippen LogP) is 2.87. The summed E-state index contributed by atoms with van der Waals surface area (Å²) in [6.45, 7) is 6.85. The minimum absolute atomic E-state index is 0.754. The maximum atomic E-state index is 3.58. The molecule has 0 aromatic heterocycles. The van der Waals surface area contributed by atoms with Crippen LogP contribution >= 0.6 is 22.6 Å². The van der Waals surface area contributed by atoms with E-state index < -0.39 is 0 Å². The molecule has 1 saturated heterocycles. The van der Waals surface area contributed by atoms with Crippen LogP contribution in [0.2, 0.25) is 0 Å². The Kier molecular flexibility index (Phi) is 5.25. The third-order valence-corrected chi connectivity index (χ3v) is 4.25. The van der Waals surface area contributed by atoms with Gasteiger partial charge in [0.2, 0.25) is 0 Å². The van der Waals surface area contributed by atoms with Gasteiger partial charge in [0.05, 0.1) is 0 Å². The summed E-state index contributed by atoms with van der Waals surface area (Å²) < 4.78 is 1.30. The first-order valence-electron chi connectivity index (χ1n) is 6.49. The molecule has 2 nitrogen and oxygen atoms in total. The van der Waals surface area contributed by atoms with Crippen molar-refractivity contribution >= 4 is 22.6 Å². The molecule has 0 radical (unpaired) electrons. The van der Waals surface area contributed by atoms with Crippen molar-refractivity contribution in [3.05, 3.63) is 33.4 Å². The number of rotatable bonds is 5. The van der Waals surface area contributed by atoms with E-state index in [9.17, 15) is 0 Å². The van der Waals surface area contributed by atoms with Gasteiger partial charge in [-0.1, -0.05) is 19.1 Å². The van der Waals surface area contributed by atoms with Gasteiger partial charge in [0, 0.05) is 22.7 Å². The Bertz CT molecular complexity index is 337. The van der Waals surface area contributed by atoms with Crippen molar-refractivity contribution in [3.8, 4) is 0 Å². The largest absolute Gasteiger partial charge is 0.311 e. The Morgan fingerprint density at radius 2 is 2.12 bits per heavy atom. The fraction of sp³-hybridized carbons (Fsp3) is 0.571. The van der Waals surface area contributed by atoms with Gasteiger partial charge in [-0.15, -0.1) is 0 Å². The topological polar surface area (TPSA) is 15.3 Å². The van der Waals surface area contributed by atoms with Crippen LogP contribution in [-0.4, -0.2) is 30.6 Å². The summed E-state index contributed by atoms with van der Waals surface area (Å²) in [5, 5.41) is 3.58. The Balaban J connectivity index is 1.74. The number of halogens is 1. The molecule has 0 aliphatic carbocycles. The average Bonchev–Trinajstić information content (AvgIpc) is 2.79. The SMILES string of the molecule is CCN1CCCC1CNCc1ccc(I)cc1. The third kappa shape index (κ3) is 3.93. The first-order chi connectivity index (χ1) is 8.29. The number of likely N-dealkylation sites (tertiary alicyclic amines) is 1. The summed E-state index contributed by atoms with van der Waals surface area (Å²) >= 11 is 2.35. The monoisotopic (exact) mass is 344 g/mol. The van der Waals surface area contributed by atoms with Gasteiger partial charge in [-0.3, -0.25) is 4.90 Å². The molecule has 94 valence electrons. The molecule has 0 saturated carbocycles. The van der Waals surface area contributed by atoms with Crippen LogP contribution in [-0.2, 0) is 6.54 Å². The molecule has 17 heavy (non-hydrogen) atoms. The molecule has 1 N–H and O–H groups in total. The van der Waals surface area contributed by atoms with E-state index in [0.717, 1.165) is 19.1 Å². The van der Waals surface area contributed by atoms with Crippen LogP contribution in [0.25, 0.3) is 0 Å². The minimum Gasteiger partial charge on any atom is -0.311 e. The summed E-state index contributed by atoms with van der Waals surface area (Å²) in [5.74, 6) is 0. The molecule has 0 amide bonds. The maximum absolute atomic E-state index is 3.58. The predicted molar refractivity (Wildman–Crippen MR) is 81.1 cm³/mol. The van der Waals surface area contributed by atoms with E-state index in [-0.39, 0.29) is 0 Å². The van der Waals surface area contributed by atoms with Crippen LogP contribution in [0.1, 0.15) is 25.3 Å².